The number of hydrogen-bond donors (Lipinski definition) is 1. The molecule has 2 nitrogen and oxygen atoms in total. The Bertz CT molecular complexity index is 110. The zero-order chi connectivity index (χ0) is 8.10. The average Bonchev–Trinajstić information content (AvgIpc) is 2.37. The second-order valence-electron chi connectivity index (χ2n) is 2.94. The molecular formula is C8H17NOS. The number of likely N-dealkylation sites (tertiary alicyclic amines) is 1. The van der Waals surface area contributed by atoms with Crippen molar-refractivity contribution in [1.82, 2.24) is 4.90 Å². The number of nitrogens with zero attached hydrogens (tertiary/aromatic N) is 1. The Kier molecular flexibility index (Phi) is 4.26. The van der Waals surface area contributed by atoms with Crippen LogP contribution in [0.15, 0.2) is 0 Å². The van der Waals surface area contributed by atoms with Crippen molar-refractivity contribution in [3.8, 4) is 0 Å². The molecule has 0 radical (unpaired) electrons. The van der Waals surface area contributed by atoms with Crippen molar-refractivity contribution in [2.24, 2.45) is 0 Å². The summed E-state index contributed by atoms with van der Waals surface area (Å²) in [4.78, 5) is 2.34. The van der Waals surface area contributed by atoms with Crippen LogP contribution in [0.2, 0.25) is 0 Å². The molecule has 1 fully saturated rings. The summed E-state index contributed by atoms with van der Waals surface area (Å²) in [6.07, 6.45) is 0.915. The molecule has 0 aromatic heterocycles. The molecule has 0 saturated carbocycles. The van der Waals surface area contributed by atoms with Crippen LogP contribution in [0.5, 0.6) is 0 Å². The van der Waals surface area contributed by atoms with Crippen molar-refractivity contribution in [3.05, 3.63) is 0 Å². The van der Waals surface area contributed by atoms with E-state index < -0.39 is 0 Å². The molecule has 66 valence electrons. The summed E-state index contributed by atoms with van der Waals surface area (Å²) in [5.41, 5.74) is 0. The van der Waals surface area contributed by atoms with Crippen molar-refractivity contribution in [2.75, 3.05) is 31.1 Å². The summed E-state index contributed by atoms with van der Waals surface area (Å²) in [5, 5.41) is 9.21. The van der Waals surface area contributed by atoms with E-state index in [1.54, 1.807) is 0 Å². The molecule has 1 saturated heterocycles. The van der Waals surface area contributed by atoms with Gasteiger partial charge in [0.15, 0.2) is 0 Å². The highest BCUT2D eigenvalue weighted by atomic mass is 32.2. The minimum atomic E-state index is -0.0540. The summed E-state index contributed by atoms with van der Waals surface area (Å²) < 4.78 is 0. The third-order valence-corrected chi connectivity index (χ3v) is 2.88. The molecule has 1 N–H and O–H groups in total. The monoisotopic (exact) mass is 175 g/mol. The van der Waals surface area contributed by atoms with Gasteiger partial charge in [0.25, 0.3) is 0 Å². The highest BCUT2D eigenvalue weighted by molar-refractivity contribution is 7.99. The maximum atomic E-state index is 9.21. The van der Waals surface area contributed by atoms with E-state index in [4.69, 9.17) is 0 Å². The summed E-state index contributed by atoms with van der Waals surface area (Å²) in [6.45, 7) is 5.31. The number of β-amino-alcohol motifs (C(OH)–C–C–N with tert-alkyl or cyclic N) is 1. The second-order valence-corrected chi connectivity index (χ2v) is 4.33. The number of aliphatic hydroxyl groups is 1. The van der Waals surface area contributed by atoms with E-state index in [0.717, 1.165) is 26.1 Å². The minimum absolute atomic E-state index is 0.0540. The Morgan fingerprint density at radius 1 is 1.64 bits per heavy atom. The molecule has 1 aliphatic rings. The molecule has 0 spiro atoms. The Morgan fingerprint density at radius 2 is 2.45 bits per heavy atom. The first kappa shape index (κ1) is 9.36. The fourth-order valence-corrected chi connectivity index (χ4v) is 2.03. The van der Waals surface area contributed by atoms with Crippen LogP contribution < -0.4 is 0 Å². The lowest BCUT2D eigenvalue weighted by molar-refractivity contribution is 0.178. The molecule has 0 aromatic carbocycles. The Labute approximate surface area is 73.0 Å². The van der Waals surface area contributed by atoms with Gasteiger partial charge in [-0.1, -0.05) is 6.92 Å². The molecule has 1 unspecified atom stereocenters. The van der Waals surface area contributed by atoms with Gasteiger partial charge in [-0.15, -0.1) is 0 Å². The van der Waals surface area contributed by atoms with Crippen molar-refractivity contribution >= 4 is 11.8 Å². The molecule has 0 bridgehead atoms. The van der Waals surface area contributed by atoms with E-state index in [1.165, 1.54) is 11.5 Å². The van der Waals surface area contributed by atoms with Gasteiger partial charge >= 0.3 is 0 Å². The average molecular weight is 175 g/mol. The summed E-state index contributed by atoms with van der Waals surface area (Å²) in [6, 6.07) is 0. The molecule has 3 heteroatoms. The second kappa shape index (κ2) is 5.01. The van der Waals surface area contributed by atoms with Crippen LogP contribution in [0.3, 0.4) is 0 Å². The minimum Gasteiger partial charge on any atom is -0.392 e. The molecule has 0 aliphatic carbocycles. The molecule has 1 heterocycles. The molecule has 1 atom stereocenters. The normalized spacial score (nSPS) is 26.2. The van der Waals surface area contributed by atoms with Gasteiger partial charge in [-0.05, 0) is 12.2 Å². The first-order chi connectivity index (χ1) is 5.33. The van der Waals surface area contributed by atoms with Crippen LogP contribution in [0.25, 0.3) is 0 Å². The van der Waals surface area contributed by atoms with Crippen molar-refractivity contribution in [1.29, 1.82) is 0 Å². The lowest BCUT2D eigenvalue weighted by Gasteiger charge is -2.13. The van der Waals surface area contributed by atoms with E-state index in [-0.39, 0.29) is 6.10 Å². The zero-order valence-corrected chi connectivity index (χ0v) is 7.94. The van der Waals surface area contributed by atoms with Gasteiger partial charge in [-0.3, -0.25) is 4.90 Å². The highest BCUT2D eigenvalue weighted by Gasteiger charge is 2.18. The third kappa shape index (κ3) is 3.45. The third-order valence-electron chi connectivity index (χ3n) is 2.00. The topological polar surface area (TPSA) is 23.5 Å². The predicted octanol–water partition coefficient (Wildman–Crippen LogP) is 0.806. The van der Waals surface area contributed by atoms with E-state index >= 15 is 0 Å². The number of hydrogen-bond acceptors (Lipinski definition) is 3. The van der Waals surface area contributed by atoms with Crippen LogP contribution in [0.4, 0.5) is 0 Å². The van der Waals surface area contributed by atoms with Gasteiger partial charge in [0.2, 0.25) is 0 Å². The van der Waals surface area contributed by atoms with Gasteiger partial charge in [0.1, 0.15) is 0 Å². The van der Waals surface area contributed by atoms with Crippen LogP contribution in [-0.4, -0.2) is 47.3 Å². The molecule has 11 heavy (non-hydrogen) atoms. The van der Waals surface area contributed by atoms with E-state index in [1.807, 2.05) is 11.8 Å². The Hall–Kier alpha value is 0.270. The summed E-state index contributed by atoms with van der Waals surface area (Å²) >= 11 is 1.97. The van der Waals surface area contributed by atoms with Gasteiger partial charge < -0.3 is 5.11 Å². The predicted molar refractivity (Wildman–Crippen MR) is 50.1 cm³/mol. The quantitative estimate of drug-likeness (QED) is 0.640. The SMILES string of the molecule is CCSCCN1CCC(O)C1. The van der Waals surface area contributed by atoms with Gasteiger partial charge in [0, 0.05) is 25.4 Å². The molecular weight excluding hydrogens is 158 g/mol. The fourth-order valence-electron chi connectivity index (χ4n) is 1.35. The Balaban J connectivity index is 1.99. The maximum absolute atomic E-state index is 9.21. The molecule has 0 aromatic rings. The highest BCUT2D eigenvalue weighted by Crippen LogP contribution is 2.09. The molecule has 0 amide bonds. The largest absolute Gasteiger partial charge is 0.392 e. The van der Waals surface area contributed by atoms with Crippen LogP contribution >= 0.6 is 11.8 Å². The van der Waals surface area contributed by atoms with Crippen molar-refractivity contribution < 1.29 is 5.11 Å². The van der Waals surface area contributed by atoms with Gasteiger partial charge in [0.05, 0.1) is 6.10 Å². The zero-order valence-electron chi connectivity index (χ0n) is 7.12. The maximum Gasteiger partial charge on any atom is 0.0679 e. The van der Waals surface area contributed by atoms with E-state index in [9.17, 15) is 5.11 Å². The number of rotatable bonds is 4. The molecule has 1 aliphatic heterocycles. The summed E-state index contributed by atoms with van der Waals surface area (Å²) in [5.74, 6) is 2.42. The molecule has 1 rings (SSSR count). The van der Waals surface area contributed by atoms with Crippen molar-refractivity contribution in [2.45, 2.75) is 19.4 Å². The lowest BCUT2D eigenvalue weighted by Crippen LogP contribution is -2.24. The Morgan fingerprint density at radius 3 is 3.00 bits per heavy atom. The smallest absolute Gasteiger partial charge is 0.0679 e. The number of thioether (sulfide) groups is 1. The lowest BCUT2D eigenvalue weighted by atomic mass is 10.3. The van der Waals surface area contributed by atoms with Gasteiger partial charge in [-0.25, -0.2) is 0 Å². The van der Waals surface area contributed by atoms with Gasteiger partial charge in [-0.2, -0.15) is 11.8 Å². The summed E-state index contributed by atoms with van der Waals surface area (Å²) in [7, 11) is 0. The van der Waals surface area contributed by atoms with Crippen molar-refractivity contribution in [3.63, 3.8) is 0 Å². The number of aliphatic hydroxyl groups excluding tert-OH is 1. The van der Waals surface area contributed by atoms with Crippen LogP contribution in [0, 0.1) is 0 Å². The van der Waals surface area contributed by atoms with Crippen LogP contribution in [0.1, 0.15) is 13.3 Å². The van der Waals surface area contributed by atoms with Crippen LogP contribution in [-0.2, 0) is 0 Å². The van der Waals surface area contributed by atoms with E-state index in [2.05, 4.69) is 11.8 Å². The first-order valence-corrected chi connectivity index (χ1v) is 5.46. The first-order valence-electron chi connectivity index (χ1n) is 4.31. The van der Waals surface area contributed by atoms with E-state index in [0.29, 0.717) is 0 Å². The standard InChI is InChI=1S/C8H17NOS/c1-2-11-6-5-9-4-3-8(10)7-9/h8,10H,2-7H2,1H3. The fraction of sp³-hybridized carbons (Fsp3) is 1.00.